The SMILES string of the molecule is Cn1c(-c2ccccc2)nc(/C=C/c2ccccc2)c1-c1ccccc1. The molecule has 0 radical (unpaired) electrons. The van der Waals surface area contributed by atoms with Crippen LogP contribution in [0.1, 0.15) is 11.3 Å². The molecule has 0 bridgehead atoms. The van der Waals surface area contributed by atoms with E-state index in [4.69, 9.17) is 4.98 Å². The van der Waals surface area contributed by atoms with Gasteiger partial charge < -0.3 is 4.57 Å². The zero-order valence-corrected chi connectivity index (χ0v) is 14.7. The van der Waals surface area contributed by atoms with E-state index in [1.807, 2.05) is 42.5 Å². The number of aromatic nitrogens is 2. The second-order valence-corrected chi connectivity index (χ2v) is 6.20. The summed E-state index contributed by atoms with van der Waals surface area (Å²) >= 11 is 0. The van der Waals surface area contributed by atoms with Crippen molar-refractivity contribution < 1.29 is 0 Å². The lowest BCUT2D eigenvalue weighted by atomic mass is 10.1. The fraction of sp³-hybridized carbons (Fsp3) is 0.0417. The molecule has 2 nitrogen and oxygen atoms in total. The number of nitrogens with zero attached hydrogens (tertiary/aromatic N) is 2. The van der Waals surface area contributed by atoms with Gasteiger partial charge in [-0.15, -0.1) is 0 Å². The highest BCUT2D eigenvalue weighted by molar-refractivity contribution is 5.80. The van der Waals surface area contributed by atoms with Crippen molar-refractivity contribution in [2.45, 2.75) is 0 Å². The Hall–Kier alpha value is -3.39. The summed E-state index contributed by atoms with van der Waals surface area (Å²) in [5.41, 5.74) is 5.54. The van der Waals surface area contributed by atoms with Gasteiger partial charge in [0.05, 0.1) is 11.4 Å². The van der Waals surface area contributed by atoms with Crippen LogP contribution in [0.3, 0.4) is 0 Å². The fourth-order valence-electron chi connectivity index (χ4n) is 3.16. The van der Waals surface area contributed by atoms with E-state index in [1.54, 1.807) is 0 Å². The standard InChI is InChI=1S/C24H20N2/c1-26-23(20-13-7-3-8-14-20)22(18-17-19-11-5-2-6-12-19)25-24(26)21-15-9-4-10-16-21/h2-18H,1H3/b18-17+. The Morgan fingerprint density at radius 1 is 0.654 bits per heavy atom. The molecular weight excluding hydrogens is 316 g/mol. The maximum Gasteiger partial charge on any atom is 0.140 e. The van der Waals surface area contributed by atoms with Crippen LogP contribution >= 0.6 is 0 Å². The number of imidazole rings is 1. The number of hydrogen-bond donors (Lipinski definition) is 0. The van der Waals surface area contributed by atoms with Gasteiger partial charge in [0.2, 0.25) is 0 Å². The Balaban J connectivity index is 1.85. The van der Waals surface area contributed by atoms with Gasteiger partial charge in [0.25, 0.3) is 0 Å². The van der Waals surface area contributed by atoms with Crippen molar-refractivity contribution >= 4 is 12.2 Å². The minimum absolute atomic E-state index is 0.970. The summed E-state index contributed by atoms with van der Waals surface area (Å²) in [6.45, 7) is 0. The van der Waals surface area contributed by atoms with E-state index in [9.17, 15) is 0 Å². The van der Waals surface area contributed by atoms with Crippen molar-refractivity contribution in [3.8, 4) is 22.6 Å². The lowest BCUT2D eigenvalue weighted by Crippen LogP contribution is -1.95. The smallest absolute Gasteiger partial charge is 0.140 e. The summed E-state index contributed by atoms with van der Waals surface area (Å²) in [7, 11) is 2.08. The molecule has 0 aliphatic carbocycles. The predicted molar refractivity (Wildman–Crippen MR) is 109 cm³/mol. The van der Waals surface area contributed by atoms with Crippen LogP contribution in [0.15, 0.2) is 91.0 Å². The van der Waals surface area contributed by atoms with Crippen LogP contribution in [0.2, 0.25) is 0 Å². The van der Waals surface area contributed by atoms with Crippen molar-refractivity contribution in [3.05, 3.63) is 102 Å². The number of hydrogen-bond acceptors (Lipinski definition) is 1. The van der Waals surface area contributed by atoms with E-state index in [-0.39, 0.29) is 0 Å². The summed E-state index contributed by atoms with van der Waals surface area (Å²) in [6, 6.07) is 31.1. The molecule has 0 fully saturated rings. The van der Waals surface area contributed by atoms with E-state index in [1.165, 1.54) is 5.56 Å². The molecule has 4 aromatic rings. The summed E-state index contributed by atoms with van der Waals surface area (Å²) < 4.78 is 2.18. The Labute approximate surface area is 154 Å². The highest BCUT2D eigenvalue weighted by Gasteiger charge is 2.15. The molecule has 26 heavy (non-hydrogen) atoms. The summed E-state index contributed by atoms with van der Waals surface area (Å²) in [5, 5.41) is 0. The number of rotatable bonds is 4. The first kappa shape index (κ1) is 16.1. The van der Waals surface area contributed by atoms with Gasteiger partial charge in [-0.25, -0.2) is 4.98 Å². The first-order chi connectivity index (χ1) is 12.8. The van der Waals surface area contributed by atoms with E-state index in [2.05, 4.69) is 72.3 Å². The highest BCUT2D eigenvalue weighted by atomic mass is 15.1. The lowest BCUT2D eigenvalue weighted by Gasteiger charge is -2.07. The molecule has 0 aliphatic rings. The third kappa shape index (κ3) is 3.22. The van der Waals surface area contributed by atoms with E-state index in [0.717, 1.165) is 28.3 Å². The molecule has 0 unspecified atom stereocenters. The quantitative estimate of drug-likeness (QED) is 0.452. The molecule has 0 saturated heterocycles. The van der Waals surface area contributed by atoms with Gasteiger partial charge in [0.1, 0.15) is 5.82 Å². The minimum atomic E-state index is 0.970. The zero-order valence-electron chi connectivity index (χ0n) is 14.7. The topological polar surface area (TPSA) is 17.8 Å². The van der Waals surface area contributed by atoms with Gasteiger partial charge in [-0.2, -0.15) is 0 Å². The Bertz CT molecular complexity index is 1010. The molecule has 0 N–H and O–H groups in total. The first-order valence-electron chi connectivity index (χ1n) is 8.73. The van der Waals surface area contributed by atoms with Crippen LogP contribution in [-0.2, 0) is 7.05 Å². The molecule has 0 atom stereocenters. The molecule has 1 aromatic heterocycles. The molecule has 0 amide bonds. The highest BCUT2D eigenvalue weighted by Crippen LogP contribution is 2.30. The Morgan fingerprint density at radius 3 is 1.81 bits per heavy atom. The van der Waals surface area contributed by atoms with Crippen LogP contribution in [0.5, 0.6) is 0 Å². The molecule has 1 heterocycles. The Morgan fingerprint density at radius 2 is 1.19 bits per heavy atom. The molecule has 126 valence electrons. The second-order valence-electron chi connectivity index (χ2n) is 6.20. The van der Waals surface area contributed by atoms with Crippen molar-refractivity contribution in [1.29, 1.82) is 0 Å². The summed E-state index contributed by atoms with van der Waals surface area (Å²) in [5.74, 6) is 0.970. The molecule has 3 aromatic carbocycles. The van der Waals surface area contributed by atoms with E-state index >= 15 is 0 Å². The van der Waals surface area contributed by atoms with Crippen molar-refractivity contribution in [2.24, 2.45) is 7.05 Å². The average Bonchev–Trinajstić information content (AvgIpc) is 3.05. The third-order valence-corrected chi connectivity index (χ3v) is 4.43. The number of benzene rings is 3. The van der Waals surface area contributed by atoms with Gasteiger partial charge in [-0.3, -0.25) is 0 Å². The average molecular weight is 336 g/mol. The fourth-order valence-corrected chi connectivity index (χ4v) is 3.16. The zero-order chi connectivity index (χ0) is 17.8. The summed E-state index contributed by atoms with van der Waals surface area (Å²) in [4.78, 5) is 4.95. The molecule has 0 aliphatic heterocycles. The van der Waals surface area contributed by atoms with Gasteiger partial charge in [0.15, 0.2) is 0 Å². The van der Waals surface area contributed by atoms with Gasteiger partial charge in [-0.1, -0.05) is 97.1 Å². The second kappa shape index (κ2) is 7.24. The molecule has 4 rings (SSSR count). The van der Waals surface area contributed by atoms with Gasteiger partial charge in [0, 0.05) is 18.2 Å². The normalized spacial score (nSPS) is 11.1. The van der Waals surface area contributed by atoms with E-state index < -0.39 is 0 Å². The van der Waals surface area contributed by atoms with E-state index in [0.29, 0.717) is 0 Å². The largest absolute Gasteiger partial charge is 0.327 e. The predicted octanol–water partition coefficient (Wildman–Crippen LogP) is 5.92. The lowest BCUT2D eigenvalue weighted by molar-refractivity contribution is 0.933. The maximum atomic E-state index is 4.95. The third-order valence-electron chi connectivity index (χ3n) is 4.43. The van der Waals surface area contributed by atoms with Crippen LogP contribution in [0.4, 0.5) is 0 Å². The van der Waals surface area contributed by atoms with Crippen LogP contribution in [0, 0.1) is 0 Å². The van der Waals surface area contributed by atoms with Crippen LogP contribution in [0.25, 0.3) is 34.8 Å². The molecule has 0 spiro atoms. The first-order valence-corrected chi connectivity index (χ1v) is 8.73. The maximum absolute atomic E-state index is 4.95. The Kier molecular flexibility index (Phi) is 4.48. The van der Waals surface area contributed by atoms with Crippen LogP contribution in [-0.4, -0.2) is 9.55 Å². The molecule has 2 heteroatoms. The van der Waals surface area contributed by atoms with Crippen molar-refractivity contribution in [2.75, 3.05) is 0 Å². The monoisotopic (exact) mass is 336 g/mol. The van der Waals surface area contributed by atoms with Crippen LogP contribution < -0.4 is 0 Å². The van der Waals surface area contributed by atoms with Crippen molar-refractivity contribution in [3.63, 3.8) is 0 Å². The summed E-state index contributed by atoms with van der Waals surface area (Å²) in [6.07, 6.45) is 4.22. The van der Waals surface area contributed by atoms with Crippen molar-refractivity contribution in [1.82, 2.24) is 9.55 Å². The molecule has 0 saturated carbocycles. The minimum Gasteiger partial charge on any atom is -0.327 e. The molecular formula is C24H20N2. The van der Waals surface area contributed by atoms with Gasteiger partial charge >= 0.3 is 0 Å². The van der Waals surface area contributed by atoms with Gasteiger partial charge in [-0.05, 0) is 11.6 Å².